The molecule has 0 saturated carbocycles. The lowest BCUT2D eigenvalue weighted by molar-refractivity contribution is 0.0955. The number of rotatable bonds is 8. The molecule has 0 aliphatic carbocycles. The number of hydrogen-bond donors (Lipinski definition) is 3. The summed E-state index contributed by atoms with van der Waals surface area (Å²) < 4.78 is 11.4. The summed E-state index contributed by atoms with van der Waals surface area (Å²) in [4.78, 5) is 14.6. The van der Waals surface area contributed by atoms with Crippen LogP contribution in [0.5, 0.6) is 17.2 Å². The van der Waals surface area contributed by atoms with Crippen LogP contribution < -0.4 is 20.6 Å². The van der Waals surface area contributed by atoms with Crippen LogP contribution in [0.2, 0.25) is 0 Å². The predicted octanol–water partition coefficient (Wildman–Crippen LogP) is 3.18. The number of hydrazone groups is 1. The van der Waals surface area contributed by atoms with Gasteiger partial charge in [-0.3, -0.25) is 9.69 Å². The number of benzene rings is 3. The summed E-state index contributed by atoms with van der Waals surface area (Å²) in [6, 6.07) is 18.3. The second kappa shape index (κ2) is 10.7. The Balaban J connectivity index is 1.30. The van der Waals surface area contributed by atoms with Gasteiger partial charge >= 0.3 is 0 Å². The number of aromatic hydroxyl groups is 1. The van der Waals surface area contributed by atoms with Crippen molar-refractivity contribution in [2.45, 2.75) is 13.0 Å². The highest BCUT2D eigenvalue weighted by Crippen LogP contribution is 2.24. The molecule has 0 radical (unpaired) electrons. The number of amides is 1. The molecule has 176 valence electrons. The number of carbonyl (C=O) groups is 1. The minimum absolute atomic E-state index is 0.0756. The quantitative estimate of drug-likeness (QED) is 0.206. The van der Waals surface area contributed by atoms with E-state index >= 15 is 0 Å². The third-order valence-corrected chi connectivity index (χ3v) is 5.75. The molecule has 0 aromatic heterocycles. The number of phenolic OH excluding ortho intramolecular Hbond substituents is 1. The third-order valence-electron chi connectivity index (χ3n) is 5.75. The molecule has 0 saturated heterocycles. The molecule has 8 heteroatoms. The second-order valence-corrected chi connectivity index (χ2v) is 8.02. The highest BCUT2D eigenvalue weighted by molar-refractivity contribution is 5.96. The largest absolute Gasteiger partial charge is 0.506 e. The smallest absolute Gasteiger partial charge is 0.271 e. The van der Waals surface area contributed by atoms with Crippen molar-refractivity contribution < 1.29 is 19.4 Å². The van der Waals surface area contributed by atoms with Crippen molar-refractivity contribution in [2.24, 2.45) is 5.10 Å². The first-order valence-corrected chi connectivity index (χ1v) is 11.1. The Morgan fingerprint density at radius 2 is 2.00 bits per heavy atom. The Morgan fingerprint density at radius 3 is 2.79 bits per heavy atom. The van der Waals surface area contributed by atoms with E-state index in [0.717, 1.165) is 26.1 Å². The lowest BCUT2D eigenvalue weighted by Gasteiger charge is -2.28. The SMILES string of the molecule is COc1cc(OCCN2CCc3ccccc3C2)ccc1/C=N/NC(=O)c1ccc(O)c(N)c1. The van der Waals surface area contributed by atoms with Crippen LogP contribution in [0.25, 0.3) is 0 Å². The van der Waals surface area contributed by atoms with Gasteiger partial charge in [-0.1, -0.05) is 24.3 Å². The van der Waals surface area contributed by atoms with E-state index in [1.54, 1.807) is 13.2 Å². The van der Waals surface area contributed by atoms with Crippen molar-refractivity contribution in [3.63, 3.8) is 0 Å². The minimum atomic E-state index is -0.442. The normalized spacial score (nSPS) is 13.4. The van der Waals surface area contributed by atoms with E-state index in [0.29, 0.717) is 29.2 Å². The zero-order valence-corrected chi connectivity index (χ0v) is 19.0. The average Bonchev–Trinajstić information content (AvgIpc) is 2.86. The lowest BCUT2D eigenvalue weighted by Crippen LogP contribution is -2.33. The van der Waals surface area contributed by atoms with Gasteiger partial charge in [0.2, 0.25) is 0 Å². The molecule has 1 amide bonds. The number of phenols is 1. The number of ether oxygens (including phenoxy) is 2. The van der Waals surface area contributed by atoms with Crippen molar-refractivity contribution in [3.05, 3.63) is 82.9 Å². The van der Waals surface area contributed by atoms with Gasteiger partial charge in [-0.15, -0.1) is 0 Å². The van der Waals surface area contributed by atoms with Gasteiger partial charge in [0.1, 0.15) is 23.9 Å². The van der Waals surface area contributed by atoms with Crippen LogP contribution in [0.3, 0.4) is 0 Å². The molecular weight excluding hydrogens is 432 g/mol. The number of nitrogens with two attached hydrogens (primary N) is 1. The summed E-state index contributed by atoms with van der Waals surface area (Å²) in [5, 5.41) is 13.5. The van der Waals surface area contributed by atoms with Crippen LogP contribution >= 0.6 is 0 Å². The second-order valence-electron chi connectivity index (χ2n) is 8.02. The first kappa shape index (κ1) is 23.1. The summed E-state index contributed by atoms with van der Waals surface area (Å²) in [5.74, 6) is 0.766. The van der Waals surface area contributed by atoms with Crippen molar-refractivity contribution in [1.82, 2.24) is 10.3 Å². The standard InChI is InChI=1S/C26H28N4O4/c1-33-25-15-22(34-13-12-30-11-10-18-4-2-3-5-21(18)17-30)8-6-20(25)16-28-29-26(32)19-7-9-24(31)23(27)14-19/h2-9,14-16,31H,10-13,17,27H2,1H3,(H,29,32)/b28-16+. The number of methoxy groups -OCH3 is 1. The zero-order valence-electron chi connectivity index (χ0n) is 19.0. The van der Waals surface area contributed by atoms with E-state index in [2.05, 4.69) is 39.7 Å². The highest BCUT2D eigenvalue weighted by Gasteiger charge is 2.15. The van der Waals surface area contributed by atoms with Gasteiger partial charge < -0.3 is 20.3 Å². The van der Waals surface area contributed by atoms with Crippen LogP contribution in [0.15, 0.2) is 65.8 Å². The van der Waals surface area contributed by atoms with E-state index < -0.39 is 5.91 Å². The van der Waals surface area contributed by atoms with Gasteiger partial charge in [-0.25, -0.2) is 5.43 Å². The maximum absolute atomic E-state index is 12.2. The summed E-state index contributed by atoms with van der Waals surface area (Å²) in [6.07, 6.45) is 2.56. The molecule has 3 aromatic rings. The zero-order chi connectivity index (χ0) is 23.9. The fourth-order valence-corrected chi connectivity index (χ4v) is 3.85. The van der Waals surface area contributed by atoms with Crippen LogP contribution in [-0.4, -0.2) is 48.9 Å². The predicted molar refractivity (Wildman–Crippen MR) is 131 cm³/mol. The van der Waals surface area contributed by atoms with Gasteiger partial charge in [0.05, 0.1) is 19.0 Å². The molecule has 0 spiro atoms. The molecule has 1 heterocycles. The summed E-state index contributed by atoms with van der Waals surface area (Å²) in [5.41, 5.74) is 12.0. The Kier molecular flexibility index (Phi) is 7.29. The van der Waals surface area contributed by atoms with Crippen molar-refractivity contribution >= 4 is 17.8 Å². The molecule has 8 nitrogen and oxygen atoms in total. The van der Waals surface area contributed by atoms with E-state index in [4.69, 9.17) is 15.2 Å². The average molecular weight is 461 g/mol. The van der Waals surface area contributed by atoms with Crippen molar-refractivity contribution in [2.75, 3.05) is 32.5 Å². The van der Waals surface area contributed by atoms with Crippen LogP contribution in [0, 0.1) is 0 Å². The number of nitrogens with zero attached hydrogens (tertiary/aromatic N) is 2. The monoisotopic (exact) mass is 460 g/mol. The van der Waals surface area contributed by atoms with Gasteiger partial charge in [0.25, 0.3) is 5.91 Å². The minimum Gasteiger partial charge on any atom is -0.506 e. The molecule has 4 N–H and O–H groups in total. The summed E-state index contributed by atoms with van der Waals surface area (Å²) >= 11 is 0. The van der Waals surface area contributed by atoms with Crippen molar-refractivity contribution in [1.29, 1.82) is 0 Å². The number of fused-ring (bicyclic) bond motifs is 1. The molecule has 0 fully saturated rings. The first-order valence-electron chi connectivity index (χ1n) is 11.1. The Labute approximate surface area is 198 Å². The number of anilines is 1. The number of nitrogen functional groups attached to an aromatic ring is 1. The Hall–Kier alpha value is -4.04. The molecule has 3 aromatic carbocycles. The third kappa shape index (κ3) is 5.65. The molecule has 0 bridgehead atoms. The molecule has 34 heavy (non-hydrogen) atoms. The van der Waals surface area contributed by atoms with E-state index in [-0.39, 0.29) is 11.4 Å². The molecule has 4 rings (SSSR count). The van der Waals surface area contributed by atoms with Crippen LogP contribution in [0.4, 0.5) is 5.69 Å². The number of carbonyl (C=O) groups excluding carboxylic acids is 1. The summed E-state index contributed by atoms with van der Waals surface area (Å²) in [7, 11) is 1.57. The molecule has 1 aliphatic heterocycles. The van der Waals surface area contributed by atoms with Crippen LogP contribution in [-0.2, 0) is 13.0 Å². The van der Waals surface area contributed by atoms with Gasteiger partial charge in [-0.05, 0) is 47.9 Å². The molecular formula is C26H28N4O4. The maximum Gasteiger partial charge on any atom is 0.271 e. The van der Waals surface area contributed by atoms with Crippen molar-refractivity contribution in [3.8, 4) is 17.2 Å². The topological polar surface area (TPSA) is 109 Å². The number of hydrogen-bond acceptors (Lipinski definition) is 7. The fourth-order valence-electron chi connectivity index (χ4n) is 3.85. The van der Waals surface area contributed by atoms with Crippen LogP contribution in [0.1, 0.15) is 27.0 Å². The van der Waals surface area contributed by atoms with Gasteiger partial charge in [0.15, 0.2) is 0 Å². The molecule has 0 unspecified atom stereocenters. The highest BCUT2D eigenvalue weighted by atomic mass is 16.5. The van der Waals surface area contributed by atoms with Gasteiger partial charge in [-0.2, -0.15) is 5.10 Å². The first-order chi connectivity index (χ1) is 16.5. The molecule has 0 atom stereocenters. The lowest BCUT2D eigenvalue weighted by atomic mass is 10.0. The fraction of sp³-hybridized carbons (Fsp3) is 0.231. The Morgan fingerprint density at radius 1 is 1.18 bits per heavy atom. The van der Waals surface area contributed by atoms with E-state index in [1.165, 1.54) is 35.5 Å². The number of nitrogens with one attached hydrogen (secondary N) is 1. The van der Waals surface area contributed by atoms with E-state index in [9.17, 15) is 9.90 Å². The molecule has 1 aliphatic rings. The van der Waals surface area contributed by atoms with E-state index in [1.807, 2.05) is 12.1 Å². The Bertz CT molecular complexity index is 1200. The maximum atomic E-state index is 12.2. The van der Waals surface area contributed by atoms with Gasteiger partial charge in [0, 0.05) is 36.8 Å². The summed E-state index contributed by atoms with van der Waals surface area (Å²) in [6.45, 7) is 3.39.